The standard InChI is InChI=1S/C47H66N10O15/c1-29-23-30-10-12-47(2,3)31(30)24-34(29)72-40-9-8-33(71-40)42(66)51-41-43(69-4)52-46(53-44(41)70-5)49-14-11-35(58)48-13-6-7-32(45(67)68)50-36(59)25-54-15-17-55(26-37(60)61)19-21-57(28-39(64)65)22-20-56(18-16-54)27-38(62)63/h8-9,23-24,32H,6-7,10-22,25-28H2,1-5H3,(H,48,58)(H,50,59)(H,51,66)(H,60,61)(H,62,63)(H,64,65)(H,67,68)(H,49,52,53)/t32-/m1/s1. The second-order valence-electron chi connectivity index (χ2n) is 18.2. The van der Waals surface area contributed by atoms with Gasteiger partial charge in [-0.2, -0.15) is 9.97 Å². The molecule has 1 aliphatic heterocycles. The Labute approximate surface area is 416 Å². The Hall–Kier alpha value is -7.09. The summed E-state index contributed by atoms with van der Waals surface area (Å²) in [6, 6.07) is 5.87. The number of nitrogens with one attached hydrogen (secondary N) is 4. The van der Waals surface area contributed by atoms with Gasteiger partial charge in [-0.25, -0.2) is 4.79 Å². The summed E-state index contributed by atoms with van der Waals surface area (Å²) in [7, 11) is 2.68. The number of amides is 3. The molecule has 1 saturated heterocycles. The number of anilines is 2. The van der Waals surface area contributed by atoms with Gasteiger partial charge in [0.15, 0.2) is 11.4 Å². The number of furan rings is 1. The largest absolute Gasteiger partial charge is 0.480 e. The molecule has 0 spiro atoms. The molecule has 0 saturated carbocycles. The van der Waals surface area contributed by atoms with Crippen molar-refractivity contribution >= 4 is 53.2 Å². The van der Waals surface area contributed by atoms with Crippen LogP contribution in [0.15, 0.2) is 28.7 Å². The number of ether oxygens (including phenoxy) is 3. The predicted molar refractivity (Wildman–Crippen MR) is 258 cm³/mol. The third-order valence-electron chi connectivity index (χ3n) is 12.3. The fourth-order valence-corrected chi connectivity index (χ4v) is 8.35. The normalized spacial score (nSPS) is 16.2. The van der Waals surface area contributed by atoms with Crippen LogP contribution in [-0.2, 0) is 40.6 Å². The van der Waals surface area contributed by atoms with E-state index >= 15 is 0 Å². The Bertz CT molecular complexity index is 2360. The lowest BCUT2D eigenvalue weighted by Gasteiger charge is -2.33. The summed E-state index contributed by atoms with van der Waals surface area (Å²) in [6.45, 7) is 6.79. The molecule has 3 aromatic rings. The predicted octanol–water partition coefficient (Wildman–Crippen LogP) is 1.41. The Morgan fingerprint density at radius 2 is 1.29 bits per heavy atom. The number of hydrogen-bond acceptors (Lipinski definition) is 18. The second-order valence-corrected chi connectivity index (χ2v) is 18.2. The maximum absolute atomic E-state index is 13.3. The molecular weight excluding hydrogens is 945 g/mol. The van der Waals surface area contributed by atoms with Crippen LogP contribution in [0.1, 0.15) is 66.8 Å². The van der Waals surface area contributed by atoms with Crippen molar-refractivity contribution in [1.29, 1.82) is 0 Å². The summed E-state index contributed by atoms with van der Waals surface area (Å²) in [5.74, 6) is -5.57. The van der Waals surface area contributed by atoms with E-state index in [2.05, 4.69) is 51.1 Å². The van der Waals surface area contributed by atoms with E-state index in [1.54, 1.807) is 25.7 Å². The molecular formula is C47H66N10O15. The molecule has 1 fully saturated rings. The van der Waals surface area contributed by atoms with Crippen molar-refractivity contribution in [2.75, 3.05) is 116 Å². The van der Waals surface area contributed by atoms with E-state index in [-0.39, 0.29) is 157 Å². The Morgan fingerprint density at radius 1 is 0.750 bits per heavy atom. The summed E-state index contributed by atoms with van der Waals surface area (Å²) in [5, 5.41) is 49.1. The number of carboxylic acids is 4. The molecule has 1 aromatic carbocycles. The number of carbonyl (C=O) groups excluding carboxylic acids is 3. The molecule has 3 heterocycles. The van der Waals surface area contributed by atoms with E-state index in [4.69, 9.17) is 18.6 Å². The van der Waals surface area contributed by atoms with Crippen LogP contribution >= 0.6 is 0 Å². The molecule has 5 rings (SSSR count). The fraction of sp³-hybridized carbons (Fsp3) is 0.553. The number of nitrogens with zero attached hydrogens (tertiary/aromatic N) is 6. The zero-order valence-corrected chi connectivity index (χ0v) is 41.3. The summed E-state index contributed by atoms with van der Waals surface area (Å²) in [6.07, 6.45) is 2.18. The highest BCUT2D eigenvalue weighted by molar-refractivity contribution is 6.04. The number of methoxy groups -OCH3 is 2. The number of carboxylic acid groups (broad SMARTS) is 4. The van der Waals surface area contributed by atoms with E-state index in [1.165, 1.54) is 31.4 Å². The van der Waals surface area contributed by atoms with Gasteiger partial charge in [-0.15, -0.1) is 0 Å². The van der Waals surface area contributed by atoms with Crippen molar-refractivity contribution < 1.29 is 72.6 Å². The summed E-state index contributed by atoms with van der Waals surface area (Å²) < 4.78 is 22.7. The molecule has 25 nitrogen and oxygen atoms in total. The molecule has 2 aliphatic rings. The number of hydrogen-bond donors (Lipinski definition) is 8. The first kappa shape index (κ1) is 55.8. The average Bonchev–Trinajstić information content (AvgIpc) is 3.90. The van der Waals surface area contributed by atoms with Gasteiger partial charge in [0, 0.05) is 77.9 Å². The van der Waals surface area contributed by atoms with Gasteiger partial charge in [0.2, 0.25) is 29.5 Å². The summed E-state index contributed by atoms with van der Waals surface area (Å²) >= 11 is 0. The third-order valence-corrected chi connectivity index (χ3v) is 12.3. The molecule has 8 N–H and O–H groups in total. The lowest BCUT2D eigenvalue weighted by Crippen LogP contribution is -2.51. The molecule has 2 aromatic heterocycles. The van der Waals surface area contributed by atoms with Crippen molar-refractivity contribution in [3.05, 3.63) is 46.7 Å². The van der Waals surface area contributed by atoms with Crippen LogP contribution < -0.4 is 35.5 Å². The Kier molecular flexibility index (Phi) is 20.5. The molecule has 0 bridgehead atoms. The van der Waals surface area contributed by atoms with Gasteiger partial charge in [0.05, 0.1) is 40.4 Å². The summed E-state index contributed by atoms with van der Waals surface area (Å²) in [5.41, 5.74) is 3.51. The van der Waals surface area contributed by atoms with Gasteiger partial charge in [0.25, 0.3) is 11.9 Å². The molecule has 0 radical (unpaired) electrons. The zero-order chi connectivity index (χ0) is 52.5. The highest BCUT2D eigenvalue weighted by Gasteiger charge is 2.31. The van der Waals surface area contributed by atoms with E-state index in [9.17, 15) is 54.0 Å². The second kappa shape index (κ2) is 26.4. The van der Waals surface area contributed by atoms with Crippen LogP contribution in [0.5, 0.6) is 23.5 Å². The number of aryl methyl sites for hydroxylation is 2. The van der Waals surface area contributed by atoms with Crippen molar-refractivity contribution in [3.8, 4) is 23.5 Å². The van der Waals surface area contributed by atoms with Gasteiger partial charge in [-0.05, 0) is 66.8 Å². The molecule has 3 amide bonds. The SMILES string of the molecule is COc1nc(NCCC(=O)NCCC[C@@H](NC(=O)CN2CCN(CC(=O)O)CCN(CC(=O)O)CCN(CC(=O)O)CC2)C(=O)O)nc(OC)c1NC(=O)c1ccc(Oc2cc3c(cc2C)CCC3(C)C)o1. The van der Waals surface area contributed by atoms with Gasteiger partial charge in [0.1, 0.15) is 11.8 Å². The van der Waals surface area contributed by atoms with Crippen molar-refractivity contribution in [3.63, 3.8) is 0 Å². The number of fused-ring (bicyclic) bond motifs is 1. The molecule has 72 heavy (non-hydrogen) atoms. The smallest absolute Gasteiger partial charge is 0.326 e. The van der Waals surface area contributed by atoms with Crippen molar-refractivity contribution in [2.45, 2.75) is 64.3 Å². The van der Waals surface area contributed by atoms with E-state index in [0.717, 1.165) is 18.4 Å². The lowest BCUT2D eigenvalue weighted by atomic mass is 9.86. The minimum Gasteiger partial charge on any atom is -0.480 e. The van der Waals surface area contributed by atoms with Crippen LogP contribution in [0.4, 0.5) is 11.6 Å². The maximum Gasteiger partial charge on any atom is 0.326 e. The first-order valence-corrected chi connectivity index (χ1v) is 23.5. The molecule has 25 heteroatoms. The topological polar surface area (TPSA) is 328 Å². The average molecular weight is 1010 g/mol. The minimum absolute atomic E-state index is 0.0239. The zero-order valence-electron chi connectivity index (χ0n) is 41.3. The van der Waals surface area contributed by atoms with E-state index < -0.39 is 41.7 Å². The van der Waals surface area contributed by atoms with Crippen LogP contribution in [0.2, 0.25) is 0 Å². The monoisotopic (exact) mass is 1010 g/mol. The van der Waals surface area contributed by atoms with Crippen molar-refractivity contribution in [1.82, 2.24) is 40.2 Å². The van der Waals surface area contributed by atoms with Crippen LogP contribution in [0, 0.1) is 6.92 Å². The van der Waals surface area contributed by atoms with E-state index in [1.807, 2.05) is 13.0 Å². The summed E-state index contributed by atoms with van der Waals surface area (Å²) in [4.78, 5) is 101. The Morgan fingerprint density at radius 3 is 1.81 bits per heavy atom. The fourth-order valence-electron chi connectivity index (χ4n) is 8.35. The molecule has 1 aliphatic carbocycles. The van der Waals surface area contributed by atoms with Crippen LogP contribution in [0.25, 0.3) is 0 Å². The van der Waals surface area contributed by atoms with Crippen LogP contribution in [0.3, 0.4) is 0 Å². The van der Waals surface area contributed by atoms with Gasteiger partial charge in [-0.3, -0.25) is 48.4 Å². The number of aromatic nitrogens is 2. The minimum atomic E-state index is -1.30. The lowest BCUT2D eigenvalue weighted by molar-refractivity contribution is -0.142. The number of benzene rings is 1. The highest BCUT2D eigenvalue weighted by atomic mass is 16.6. The molecule has 0 unspecified atom stereocenters. The number of carbonyl (C=O) groups is 7. The quantitative estimate of drug-likeness (QED) is 0.0588. The molecule has 394 valence electrons. The van der Waals surface area contributed by atoms with E-state index in [0.29, 0.717) is 5.75 Å². The highest BCUT2D eigenvalue weighted by Crippen LogP contribution is 2.42. The molecule has 1 atom stereocenters. The Balaban J connectivity index is 1.08. The maximum atomic E-state index is 13.3. The van der Waals surface area contributed by atoms with Crippen molar-refractivity contribution in [2.24, 2.45) is 0 Å². The van der Waals surface area contributed by atoms with Gasteiger partial charge < -0.3 is 60.3 Å². The third kappa shape index (κ3) is 17.1. The number of aliphatic carboxylic acids is 4. The first-order valence-electron chi connectivity index (χ1n) is 23.5. The van der Waals surface area contributed by atoms with Gasteiger partial charge >= 0.3 is 23.9 Å². The number of rotatable bonds is 24. The van der Waals surface area contributed by atoms with Crippen LogP contribution in [-0.4, -0.2) is 203 Å². The van der Waals surface area contributed by atoms with Gasteiger partial charge in [-0.1, -0.05) is 19.9 Å². The first-order chi connectivity index (χ1) is 34.2.